The molecule has 0 aliphatic rings. The molecule has 1 aromatic heterocycles. The molecule has 0 bridgehead atoms. The van der Waals surface area contributed by atoms with Crippen molar-refractivity contribution in [2.24, 2.45) is 0 Å². The molecule has 8 heteroatoms. The maximum Gasteiger partial charge on any atom is 1.00 e. The van der Waals surface area contributed by atoms with E-state index in [9.17, 15) is 17.7 Å². The van der Waals surface area contributed by atoms with Gasteiger partial charge in [-0.25, -0.2) is 4.79 Å². The third kappa shape index (κ3) is 3.92. The fraction of sp³-hybridized carbons (Fsp3) is 0.375. The van der Waals surface area contributed by atoms with Crippen LogP contribution >= 0.6 is 0 Å². The van der Waals surface area contributed by atoms with Crippen molar-refractivity contribution in [1.29, 1.82) is 0 Å². The minimum atomic E-state index is -5.07. The number of rotatable bonds is 4. The number of hydrogen-bond acceptors (Lipinski definition) is 1. The second-order valence-electron chi connectivity index (χ2n) is 3.23. The Morgan fingerprint density at radius 3 is 2.25 bits per heavy atom. The average Bonchev–Trinajstić information content (AvgIpc) is 2.46. The van der Waals surface area contributed by atoms with Crippen LogP contribution in [0.15, 0.2) is 29.2 Å². The zero-order valence-electron chi connectivity index (χ0n) is 9.29. The number of imidazole rings is 1. The molecule has 1 rings (SSSR count). The Bertz CT molecular complexity index is 424. The van der Waals surface area contributed by atoms with Gasteiger partial charge in [0.2, 0.25) is 0 Å². The second-order valence-corrected chi connectivity index (χ2v) is 3.23. The van der Waals surface area contributed by atoms with Crippen LogP contribution in [-0.2, 0) is 13.1 Å². The summed E-state index contributed by atoms with van der Waals surface area (Å²) in [4.78, 5) is 11.4. The molecule has 0 aromatic carbocycles. The Labute approximate surface area is 134 Å². The van der Waals surface area contributed by atoms with E-state index >= 15 is 0 Å². The average molecular weight is 258 g/mol. The fourth-order valence-electron chi connectivity index (χ4n) is 1.14. The van der Waals surface area contributed by atoms with Gasteiger partial charge in [-0.05, 0) is 6.92 Å². The van der Waals surface area contributed by atoms with E-state index in [2.05, 4.69) is 6.58 Å². The summed E-state index contributed by atoms with van der Waals surface area (Å²) in [5.41, 5.74) is -1.32. The van der Waals surface area contributed by atoms with Gasteiger partial charge < -0.3 is 12.9 Å². The Kier molecular flexibility index (Phi) is 6.34. The number of aromatic nitrogens is 2. The van der Waals surface area contributed by atoms with Crippen LogP contribution in [0.2, 0.25) is 0 Å². The first-order valence-corrected chi connectivity index (χ1v) is 4.49. The van der Waals surface area contributed by atoms with Crippen LogP contribution in [0.1, 0.15) is 6.92 Å². The van der Waals surface area contributed by atoms with Crippen molar-refractivity contribution >= 4 is 6.98 Å². The summed E-state index contributed by atoms with van der Waals surface area (Å²) in [5.74, 6) is 0. The van der Waals surface area contributed by atoms with Gasteiger partial charge in [0.15, 0.2) is 0 Å². The molecule has 0 spiro atoms. The molecule has 0 unspecified atom stereocenters. The first-order valence-electron chi connectivity index (χ1n) is 4.49. The van der Waals surface area contributed by atoms with Crippen LogP contribution in [0.25, 0.3) is 0 Å². The van der Waals surface area contributed by atoms with Gasteiger partial charge in [-0.3, -0.25) is 9.13 Å². The second kappa shape index (κ2) is 6.25. The molecule has 1 heterocycles. The summed E-state index contributed by atoms with van der Waals surface area (Å²) in [7, 11) is 0. The normalized spacial score (nSPS) is 11.0. The summed E-state index contributed by atoms with van der Waals surface area (Å²) in [6.07, 6.45) is 2.79. The summed E-state index contributed by atoms with van der Waals surface area (Å²) in [6, 6.07) is 0. The number of nitrogens with zero attached hydrogens (tertiary/aromatic N) is 2. The van der Waals surface area contributed by atoms with Gasteiger partial charge in [-0.2, -0.15) is 0 Å². The maximum absolute atomic E-state index is 12.2. The van der Waals surface area contributed by atoms with E-state index in [0.717, 1.165) is 4.57 Å². The molecule has 0 radical (unpaired) electrons. The number of hydrogen-bond donors (Lipinski definition) is 0. The van der Waals surface area contributed by atoms with E-state index < -0.39 is 24.7 Å². The van der Waals surface area contributed by atoms with E-state index in [1.807, 2.05) is 0 Å². The summed E-state index contributed by atoms with van der Waals surface area (Å²) >= 11 is 0. The van der Waals surface area contributed by atoms with Crippen LogP contribution in [-0.4, -0.2) is 16.1 Å². The van der Waals surface area contributed by atoms with Crippen molar-refractivity contribution in [2.45, 2.75) is 20.0 Å². The Morgan fingerprint density at radius 1 is 1.38 bits per heavy atom. The molecule has 0 N–H and O–H groups in total. The van der Waals surface area contributed by atoms with Crippen LogP contribution < -0.4 is 57.1 Å². The first-order chi connectivity index (χ1) is 6.86. The largest absolute Gasteiger partial charge is 1.00 e. The van der Waals surface area contributed by atoms with E-state index in [0.29, 0.717) is 6.54 Å². The molecule has 84 valence electrons. The van der Waals surface area contributed by atoms with E-state index in [1.165, 1.54) is 17.0 Å². The van der Waals surface area contributed by atoms with Crippen LogP contribution in [0, 0.1) is 0 Å². The quantitative estimate of drug-likeness (QED) is 0.611. The Morgan fingerprint density at radius 2 is 1.88 bits per heavy atom. The third-order valence-corrected chi connectivity index (χ3v) is 2.09. The molecule has 0 amide bonds. The topological polar surface area (TPSA) is 26.9 Å². The molecule has 3 nitrogen and oxygen atoms in total. The van der Waals surface area contributed by atoms with Crippen molar-refractivity contribution < 1.29 is 64.3 Å². The molecule has 0 saturated carbocycles. The van der Waals surface area contributed by atoms with Gasteiger partial charge in [0.1, 0.15) is 0 Å². The molecule has 16 heavy (non-hydrogen) atoms. The molecule has 0 aliphatic carbocycles. The smallest absolute Gasteiger partial charge is 0.445 e. The van der Waals surface area contributed by atoms with Gasteiger partial charge >= 0.3 is 64.1 Å². The molecule has 0 fully saturated rings. The zero-order chi connectivity index (χ0) is 11.6. The van der Waals surface area contributed by atoms with E-state index in [4.69, 9.17) is 0 Å². The SMILES string of the molecule is C=C(Cn1ccn(CC)c1=O)[B-](F)(F)F.[K+]. The van der Waals surface area contributed by atoms with Crippen LogP contribution in [0.5, 0.6) is 0 Å². The minimum Gasteiger partial charge on any atom is -0.445 e. The predicted octanol–water partition coefficient (Wildman–Crippen LogP) is -1.38. The number of aryl methyl sites for hydroxylation is 1. The molecular formula is C8H11BF3KN2O. The Hall–Kier alpha value is 0.241. The van der Waals surface area contributed by atoms with E-state index in [-0.39, 0.29) is 51.4 Å². The maximum atomic E-state index is 12.2. The molecule has 1 aromatic rings. The minimum absolute atomic E-state index is 0. The number of allylic oxidation sites excluding steroid dienone is 1. The van der Waals surface area contributed by atoms with Gasteiger partial charge in [-0.1, -0.05) is 0 Å². The predicted molar refractivity (Wildman–Crippen MR) is 52.6 cm³/mol. The first kappa shape index (κ1) is 16.2. The zero-order valence-corrected chi connectivity index (χ0v) is 12.4. The van der Waals surface area contributed by atoms with Gasteiger partial charge in [-0.15, -0.1) is 12.1 Å². The van der Waals surface area contributed by atoms with Crippen LogP contribution in [0.4, 0.5) is 12.9 Å². The monoisotopic (exact) mass is 258 g/mol. The van der Waals surface area contributed by atoms with Crippen molar-refractivity contribution in [3.63, 3.8) is 0 Å². The standard InChI is InChI=1S/C8H11BF3N2O.K/c1-3-13-4-5-14(8(13)15)6-7(2)9(10,11)12;/h4-5H,2-3,6H2,1H3;/q-1;+1. The molecule has 0 aliphatic heterocycles. The fourth-order valence-corrected chi connectivity index (χ4v) is 1.14. The number of halogens is 3. The van der Waals surface area contributed by atoms with Crippen LogP contribution in [0.3, 0.4) is 0 Å². The van der Waals surface area contributed by atoms with Gasteiger partial charge in [0, 0.05) is 25.5 Å². The third-order valence-electron chi connectivity index (χ3n) is 2.09. The molecule has 0 saturated heterocycles. The van der Waals surface area contributed by atoms with Crippen molar-refractivity contribution in [3.8, 4) is 0 Å². The summed E-state index contributed by atoms with van der Waals surface area (Å²) < 4.78 is 38.9. The van der Waals surface area contributed by atoms with Gasteiger partial charge in [0.25, 0.3) is 0 Å². The summed E-state index contributed by atoms with van der Waals surface area (Å²) in [6.45, 7) is -0.447. The molecule has 0 atom stereocenters. The van der Waals surface area contributed by atoms with Gasteiger partial charge in [0.05, 0.1) is 0 Å². The van der Waals surface area contributed by atoms with Crippen molar-refractivity contribution in [2.75, 3.05) is 0 Å². The van der Waals surface area contributed by atoms with E-state index in [1.54, 1.807) is 6.92 Å². The van der Waals surface area contributed by atoms with Crippen molar-refractivity contribution in [1.82, 2.24) is 9.13 Å². The van der Waals surface area contributed by atoms with Crippen molar-refractivity contribution in [3.05, 3.63) is 34.9 Å². The molecular weight excluding hydrogens is 247 g/mol. The summed E-state index contributed by atoms with van der Waals surface area (Å²) in [5, 5.41) is 0. The Balaban J connectivity index is 0.00000225.